The number of likely N-dealkylation sites (tertiary alicyclic amines) is 1. The average Bonchev–Trinajstić information content (AvgIpc) is 2.92. The maximum Gasteiger partial charge on any atom is 0.0769 e. The molecule has 106 valence electrons. The van der Waals surface area contributed by atoms with Gasteiger partial charge in [0, 0.05) is 31.4 Å². The number of benzene rings is 1. The van der Waals surface area contributed by atoms with Crippen LogP contribution in [0.3, 0.4) is 0 Å². The minimum absolute atomic E-state index is 0.364. The minimum atomic E-state index is 0.364. The van der Waals surface area contributed by atoms with E-state index >= 15 is 0 Å². The lowest BCUT2D eigenvalue weighted by molar-refractivity contribution is 0.138. The van der Waals surface area contributed by atoms with Crippen molar-refractivity contribution in [3.05, 3.63) is 48.3 Å². The van der Waals surface area contributed by atoms with E-state index in [4.69, 9.17) is 5.73 Å². The zero-order valence-electron chi connectivity index (χ0n) is 11.9. The van der Waals surface area contributed by atoms with Crippen LogP contribution in [0.5, 0.6) is 0 Å². The monoisotopic (exact) mass is 270 g/mol. The van der Waals surface area contributed by atoms with Crippen molar-refractivity contribution in [1.29, 1.82) is 0 Å². The fraction of sp³-hybridized carbons (Fsp3) is 0.438. The van der Waals surface area contributed by atoms with Gasteiger partial charge >= 0.3 is 0 Å². The first-order chi connectivity index (χ1) is 9.72. The Labute approximate surface area is 120 Å². The average molecular weight is 270 g/mol. The van der Waals surface area contributed by atoms with Gasteiger partial charge in [-0.05, 0) is 38.0 Å². The second kappa shape index (κ2) is 5.77. The van der Waals surface area contributed by atoms with Crippen LogP contribution in [0.2, 0.25) is 0 Å². The number of aromatic nitrogens is 2. The molecule has 2 N–H and O–H groups in total. The summed E-state index contributed by atoms with van der Waals surface area (Å²) in [5.41, 5.74) is 8.24. The summed E-state index contributed by atoms with van der Waals surface area (Å²) in [7, 11) is 0. The lowest BCUT2D eigenvalue weighted by Gasteiger charge is -2.35. The Hall–Kier alpha value is -1.65. The molecule has 1 aromatic heterocycles. The highest BCUT2D eigenvalue weighted by Crippen LogP contribution is 2.18. The highest BCUT2D eigenvalue weighted by atomic mass is 15.3. The van der Waals surface area contributed by atoms with E-state index in [1.807, 2.05) is 29.1 Å². The van der Waals surface area contributed by atoms with Crippen molar-refractivity contribution in [2.24, 2.45) is 5.73 Å². The molecule has 20 heavy (non-hydrogen) atoms. The van der Waals surface area contributed by atoms with Crippen LogP contribution in [0, 0.1) is 0 Å². The van der Waals surface area contributed by atoms with Gasteiger partial charge < -0.3 is 5.73 Å². The standard InChI is InChI=1S/C16H22N4/c1-13-11-14(17)7-9-19(13)12-15-8-10-20(18-15)16-5-3-2-4-6-16/h2-6,8,10,13-14H,7,9,11-12,17H2,1H3. The Bertz CT molecular complexity index is 549. The highest BCUT2D eigenvalue weighted by molar-refractivity contribution is 5.30. The Morgan fingerprint density at radius 3 is 2.80 bits per heavy atom. The molecule has 1 aliphatic rings. The summed E-state index contributed by atoms with van der Waals surface area (Å²) < 4.78 is 1.94. The molecule has 2 unspecified atom stereocenters. The van der Waals surface area contributed by atoms with Crippen molar-refractivity contribution in [1.82, 2.24) is 14.7 Å². The predicted octanol–water partition coefficient (Wildman–Crippen LogP) is 2.18. The third-order valence-electron chi connectivity index (χ3n) is 4.08. The molecule has 0 amide bonds. The SMILES string of the molecule is CC1CC(N)CCN1Cc1ccn(-c2ccccc2)n1. The molecule has 2 atom stereocenters. The minimum Gasteiger partial charge on any atom is -0.328 e. The highest BCUT2D eigenvalue weighted by Gasteiger charge is 2.23. The van der Waals surface area contributed by atoms with Gasteiger partial charge in [0.2, 0.25) is 0 Å². The number of hydrogen-bond donors (Lipinski definition) is 1. The summed E-state index contributed by atoms with van der Waals surface area (Å²) in [4.78, 5) is 2.47. The van der Waals surface area contributed by atoms with Crippen LogP contribution in [0.4, 0.5) is 0 Å². The smallest absolute Gasteiger partial charge is 0.0769 e. The van der Waals surface area contributed by atoms with Crippen molar-refractivity contribution < 1.29 is 0 Å². The maximum atomic E-state index is 6.01. The zero-order valence-corrected chi connectivity index (χ0v) is 11.9. The molecule has 1 fully saturated rings. The summed E-state index contributed by atoms with van der Waals surface area (Å²) in [6, 6.07) is 13.2. The number of para-hydroxylation sites is 1. The molecular weight excluding hydrogens is 248 g/mol. The third kappa shape index (κ3) is 2.92. The second-order valence-corrected chi connectivity index (χ2v) is 5.69. The van der Waals surface area contributed by atoms with Crippen LogP contribution in [-0.4, -0.2) is 33.3 Å². The van der Waals surface area contributed by atoms with Gasteiger partial charge in [-0.1, -0.05) is 18.2 Å². The molecule has 0 aliphatic carbocycles. The topological polar surface area (TPSA) is 47.1 Å². The molecule has 2 aromatic rings. The summed E-state index contributed by atoms with van der Waals surface area (Å²) >= 11 is 0. The van der Waals surface area contributed by atoms with E-state index in [1.54, 1.807) is 0 Å². The molecule has 2 heterocycles. The van der Waals surface area contributed by atoms with Crippen molar-refractivity contribution in [2.75, 3.05) is 6.54 Å². The molecule has 3 rings (SSSR count). The molecule has 1 saturated heterocycles. The first-order valence-corrected chi connectivity index (χ1v) is 7.32. The van der Waals surface area contributed by atoms with Crippen LogP contribution in [-0.2, 0) is 6.54 Å². The van der Waals surface area contributed by atoms with Crippen LogP contribution in [0.25, 0.3) is 5.69 Å². The van der Waals surface area contributed by atoms with Gasteiger partial charge in [0.15, 0.2) is 0 Å². The van der Waals surface area contributed by atoms with Gasteiger partial charge in [0.25, 0.3) is 0 Å². The molecule has 0 bridgehead atoms. The summed E-state index contributed by atoms with van der Waals surface area (Å²) in [5, 5.41) is 4.67. The van der Waals surface area contributed by atoms with E-state index in [0.717, 1.165) is 37.3 Å². The van der Waals surface area contributed by atoms with Gasteiger partial charge in [-0.15, -0.1) is 0 Å². The lowest BCUT2D eigenvalue weighted by atomic mass is 9.99. The third-order valence-corrected chi connectivity index (χ3v) is 4.08. The molecule has 4 heteroatoms. The number of hydrogen-bond acceptors (Lipinski definition) is 3. The zero-order chi connectivity index (χ0) is 13.9. The molecule has 1 aromatic carbocycles. The van der Waals surface area contributed by atoms with Gasteiger partial charge in [-0.3, -0.25) is 4.90 Å². The van der Waals surface area contributed by atoms with E-state index in [1.165, 1.54) is 0 Å². The summed E-state index contributed by atoms with van der Waals surface area (Å²) in [6.45, 7) is 4.24. The molecule has 0 spiro atoms. The van der Waals surface area contributed by atoms with Crippen molar-refractivity contribution >= 4 is 0 Å². The first kappa shape index (κ1) is 13.3. The lowest BCUT2D eigenvalue weighted by Crippen LogP contribution is -2.45. The number of piperidine rings is 1. The fourth-order valence-electron chi connectivity index (χ4n) is 2.87. The van der Waals surface area contributed by atoms with Crippen molar-refractivity contribution in [3.63, 3.8) is 0 Å². The molecule has 0 radical (unpaired) electrons. The van der Waals surface area contributed by atoms with Crippen molar-refractivity contribution in [3.8, 4) is 5.69 Å². The predicted molar refractivity (Wildman–Crippen MR) is 80.6 cm³/mol. The summed E-state index contributed by atoms with van der Waals surface area (Å²) in [5.74, 6) is 0. The van der Waals surface area contributed by atoms with E-state index in [2.05, 4.69) is 35.1 Å². The van der Waals surface area contributed by atoms with Gasteiger partial charge in [-0.2, -0.15) is 5.10 Å². The fourth-order valence-corrected chi connectivity index (χ4v) is 2.87. The van der Waals surface area contributed by atoms with E-state index in [9.17, 15) is 0 Å². The van der Waals surface area contributed by atoms with Gasteiger partial charge in [-0.25, -0.2) is 4.68 Å². The number of nitrogens with two attached hydrogens (primary N) is 1. The van der Waals surface area contributed by atoms with Crippen LogP contribution < -0.4 is 5.73 Å². The number of rotatable bonds is 3. The molecule has 4 nitrogen and oxygen atoms in total. The Morgan fingerprint density at radius 2 is 2.05 bits per heavy atom. The second-order valence-electron chi connectivity index (χ2n) is 5.69. The Kier molecular flexibility index (Phi) is 3.85. The van der Waals surface area contributed by atoms with Crippen LogP contribution in [0.1, 0.15) is 25.5 Å². The first-order valence-electron chi connectivity index (χ1n) is 7.32. The van der Waals surface area contributed by atoms with E-state index in [0.29, 0.717) is 12.1 Å². The maximum absolute atomic E-state index is 6.01. The molecule has 0 saturated carbocycles. The van der Waals surface area contributed by atoms with Gasteiger partial charge in [0.05, 0.1) is 11.4 Å². The Balaban J connectivity index is 1.69. The van der Waals surface area contributed by atoms with E-state index < -0.39 is 0 Å². The normalized spacial score (nSPS) is 23.9. The van der Waals surface area contributed by atoms with Crippen molar-refractivity contribution in [2.45, 2.75) is 38.4 Å². The quantitative estimate of drug-likeness (QED) is 0.930. The Morgan fingerprint density at radius 1 is 1.25 bits per heavy atom. The van der Waals surface area contributed by atoms with Gasteiger partial charge in [0.1, 0.15) is 0 Å². The van der Waals surface area contributed by atoms with E-state index in [-0.39, 0.29) is 0 Å². The molecule has 1 aliphatic heterocycles. The molecular formula is C16H22N4. The largest absolute Gasteiger partial charge is 0.328 e. The summed E-state index contributed by atoms with van der Waals surface area (Å²) in [6.07, 6.45) is 4.20. The van der Waals surface area contributed by atoms with Crippen LogP contribution in [0.15, 0.2) is 42.6 Å². The van der Waals surface area contributed by atoms with Crippen LogP contribution >= 0.6 is 0 Å². The number of nitrogens with zero attached hydrogens (tertiary/aromatic N) is 3.